The minimum absolute atomic E-state index is 0.0571. The Balaban J connectivity index is 1.66. The van der Waals surface area contributed by atoms with Crippen LogP contribution < -0.4 is 15.5 Å². The van der Waals surface area contributed by atoms with E-state index in [0.717, 1.165) is 5.56 Å². The summed E-state index contributed by atoms with van der Waals surface area (Å²) >= 11 is 6.28. The zero-order chi connectivity index (χ0) is 19.0. The van der Waals surface area contributed by atoms with Crippen molar-refractivity contribution in [1.29, 1.82) is 0 Å². The highest BCUT2D eigenvalue weighted by Gasteiger charge is 2.24. The second-order valence-corrected chi connectivity index (χ2v) is 7.12. The van der Waals surface area contributed by atoms with E-state index in [1.165, 1.54) is 0 Å². The highest BCUT2D eigenvalue weighted by atomic mass is 35.5. The monoisotopic (exact) mass is 382 g/mol. The van der Waals surface area contributed by atoms with Crippen LogP contribution >= 0.6 is 11.6 Å². The molecule has 138 valence electrons. The van der Waals surface area contributed by atoms with Crippen LogP contribution in [-0.4, -0.2) is 23.1 Å². The molecule has 1 N–H and O–H groups in total. The van der Waals surface area contributed by atoms with Crippen molar-refractivity contribution in [2.45, 2.75) is 26.0 Å². The molecular weight excluding hydrogens is 364 g/mol. The van der Waals surface area contributed by atoms with Crippen molar-refractivity contribution in [3.63, 3.8) is 0 Å². The highest BCUT2D eigenvalue weighted by molar-refractivity contribution is 6.35. The molecule has 1 aliphatic heterocycles. The lowest BCUT2D eigenvalue weighted by atomic mass is 10.1. The fraction of sp³-hybridized carbons (Fsp3) is 0.238. The van der Waals surface area contributed by atoms with Crippen LogP contribution in [0.4, 0.5) is 0 Å². The summed E-state index contributed by atoms with van der Waals surface area (Å²) in [5.74, 6) is 0.225. The normalized spacial score (nSPS) is 15.4. The summed E-state index contributed by atoms with van der Waals surface area (Å²) in [6, 6.07) is 13.3. The molecule has 4 rings (SSSR count). The van der Waals surface area contributed by atoms with Crippen molar-refractivity contribution in [3.8, 4) is 5.75 Å². The molecule has 5 nitrogen and oxygen atoms in total. The maximum absolute atomic E-state index is 12.9. The van der Waals surface area contributed by atoms with Crippen LogP contribution in [0.15, 0.2) is 53.5 Å². The lowest BCUT2D eigenvalue weighted by Crippen LogP contribution is -2.33. The van der Waals surface area contributed by atoms with Crippen molar-refractivity contribution in [3.05, 3.63) is 75.0 Å². The topological polar surface area (TPSA) is 60.3 Å². The van der Waals surface area contributed by atoms with E-state index >= 15 is 0 Å². The fourth-order valence-corrected chi connectivity index (χ4v) is 3.69. The van der Waals surface area contributed by atoms with E-state index in [1.807, 2.05) is 41.8 Å². The molecule has 6 heteroatoms. The number of aromatic nitrogens is 1. The smallest absolute Gasteiger partial charge is 0.256 e. The van der Waals surface area contributed by atoms with Crippen LogP contribution in [0.2, 0.25) is 5.02 Å². The second-order valence-electron chi connectivity index (χ2n) is 6.71. The molecule has 0 bridgehead atoms. The van der Waals surface area contributed by atoms with Crippen molar-refractivity contribution in [2.75, 3.05) is 6.54 Å². The summed E-state index contributed by atoms with van der Waals surface area (Å²) in [6.07, 6.45) is 2.25. The van der Waals surface area contributed by atoms with Crippen LogP contribution in [-0.2, 0) is 13.0 Å². The maximum atomic E-state index is 12.9. The molecule has 0 radical (unpaired) electrons. The molecular formula is C21H19ClN2O3. The third kappa shape index (κ3) is 3.30. The van der Waals surface area contributed by atoms with Gasteiger partial charge in [0, 0.05) is 12.7 Å². The average molecular weight is 383 g/mol. The number of benzene rings is 2. The van der Waals surface area contributed by atoms with Gasteiger partial charge < -0.3 is 14.6 Å². The predicted molar refractivity (Wildman–Crippen MR) is 106 cm³/mol. The van der Waals surface area contributed by atoms with Gasteiger partial charge in [0.1, 0.15) is 17.4 Å². The second kappa shape index (κ2) is 7.08. The van der Waals surface area contributed by atoms with Crippen molar-refractivity contribution in [1.82, 2.24) is 9.88 Å². The summed E-state index contributed by atoms with van der Waals surface area (Å²) < 4.78 is 7.70. The summed E-state index contributed by atoms with van der Waals surface area (Å²) in [4.78, 5) is 25.6. The van der Waals surface area contributed by atoms with Gasteiger partial charge in [0.25, 0.3) is 5.91 Å². The SMILES string of the molecule is C[C@H]1Cn2cc(C(=O)NCCc3ccccc3)c(=O)c3c(Cl)ccc(c32)O1. The van der Waals surface area contributed by atoms with Crippen LogP contribution in [0.25, 0.3) is 10.9 Å². The quantitative estimate of drug-likeness (QED) is 0.752. The summed E-state index contributed by atoms with van der Waals surface area (Å²) in [7, 11) is 0. The molecule has 1 aliphatic rings. The van der Waals surface area contributed by atoms with Crippen molar-refractivity contribution < 1.29 is 9.53 Å². The molecule has 0 aliphatic carbocycles. The van der Waals surface area contributed by atoms with Gasteiger partial charge in [-0.1, -0.05) is 41.9 Å². The Hall–Kier alpha value is -2.79. The number of hydrogen-bond acceptors (Lipinski definition) is 3. The molecule has 27 heavy (non-hydrogen) atoms. The standard InChI is InChI=1S/C21H19ClN2O3/c1-13-11-24-12-15(21(26)23-10-9-14-5-3-2-4-6-14)20(25)18-16(22)7-8-17(27-13)19(18)24/h2-8,12-13H,9-11H2,1H3,(H,23,26)/t13-/m0/s1. The van der Waals surface area contributed by atoms with Crippen LogP contribution in [0.3, 0.4) is 0 Å². The molecule has 0 spiro atoms. The number of nitrogens with one attached hydrogen (secondary N) is 1. The first-order valence-electron chi connectivity index (χ1n) is 8.89. The summed E-state index contributed by atoms with van der Waals surface area (Å²) in [5.41, 5.74) is 1.50. The molecule has 1 atom stereocenters. The minimum Gasteiger partial charge on any atom is -0.487 e. The first kappa shape index (κ1) is 17.6. The Labute approximate surface area is 161 Å². The number of hydrogen-bond donors (Lipinski definition) is 1. The summed E-state index contributed by atoms with van der Waals surface area (Å²) in [6.45, 7) is 2.95. The zero-order valence-corrected chi connectivity index (χ0v) is 15.6. The number of nitrogens with zero attached hydrogens (tertiary/aromatic N) is 1. The maximum Gasteiger partial charge on any atom is 0.256 e. The van der Waals surface area contributed by atoms with Gasteiger partial charge in [-0.25, -0.2) is 0 Å². The van der Waals surface area contributed by atoms with E-state index in [0.29, 0.717) is 41.2 Å². The van der Waals surface area contributed by atoms with Gasteiger partial charge in [-0.05, 0) is 31.0 Å². The van der Waals surface area contributed by atoms with Gasteiger partial charge >= 0.3 is 0 Å². The third-order valence-electron chi connectivity index (χ3n) is 4.70. The first-order valence-corrected chi connectivity index (χ1v) is 9.27. The molecule has 3 aromatic rings. The molecule has 1 amide bonds. The Morgan fingerprint density at radius 2 is 2.04 bits per heavy atom. The van der Waals surface area contributed by atoms with E-state index in [1.54, 1.807) is 18.3 Å². The van der Waals surface area contributed by atoms with E-state index < -0.39 is 0 Å². The Morgan fingerprint density at radius 1 is 1.26 bits per heavy atom. The molecule has 2 aromatic carbocycles. The molecule has 0 unspecified atom stereocenters. The van der Waals surface area contributed by atoms with Crippen molar-refractivity contribution in [2.24, 2.45) is 0 Å². The summed E-state index contributed by atoms with van der Waals surface area (Å²) in [5, 5.41) is 3.50. The molecule has 0 fully saturated rings. The predicted octanol–water partition coefficient (Wildman–Crippen LogP) is 3.41. The van der Waals surface area contributed by atoms with E-state index in [2.05, 4.69) is 5.32 Å². The molecule has 0 saturated heterocycles. The van der Waals surface area contributed by atoms with Gasteiger partial charge in [0.2, 0.25) is 5.43 Å². The number of carbonyl (C=O) groups is 1. The largest absolute Gasteiger partial charge is 0.487 e. The molecule has 0 saturated carbocycles. The third-order valence-corrected chi connectivity index (χ3v) is 5.02. The number of amides is 1. The van der Waals surface area contributed by atoms with Gasteiger partial charge in [-0.2, -0.15) is 0 Å². The average Bonchev–Trinajstić information content (AvgIpc) is 2.66. The molecule has 1 aromatic heterocycles. The fourth-order valence-electron chi connectivity index (χ4n) is 3.45. The zero-order valence-electron chi connectivity index (χ0n) is 14.9. The van der Waals surface area contributed by atoms with Gasteiger partial charge in [-0.15, -0.1) is 0 Å². The first-order chi connectivity index (χ1) is 13.0. The Morgan fingerprint density at radius 3 is 2.81 bits per heavy atom. The van der Waals surface area contributed by atoms with Crippen LogP contribution in [0, 0.1) is 0 Å². The Kier molecular flexibility index (Phi) is 4.62. The Bertz CT molecular complexity index is 1080. The van der Waals surface area contributed by atoms with Crippen LogP contribution in [0.1, 0.15) is 22.8 Å². The number of pyridine rings is 1. The van der Waals surface area contributed by atoms with Crippen molar-refractivity contribution >= 4 is 28.4 Å². The van der Waals surface area contributed by atoms with Gasteiger partial charge in [-0.3, -0.25) is 9.59 Å². The number of halogens is 1. The number of rotatable bonds is 4. The van der Waals surface area contributed by atoms with E-state index in [4.69, 9.17) is 16.3 Å². The van der Waals surface area contributed by atoms with E-state index in [9.17, 15) is 9.59 Å². The van der Waals surface area contributed by atoms with Gasteiger partial charge in [0.15, 0.2) is 0 Å². The lowest BCUT2D eigenvalue weighted by Gasteiger charge is -2.26. The molecule has 2 heterocycles. The van der Waals surface area contributed by atoms with Gasteiger partial charge in [0.05, 0.1) is 22.5 Å². The highest BCUT2D eigenvalue weighted by Crippen LogP contribution is 2.33. The number of ether oxygens (including phenoxy) is 1. The van der Waals surface area contributed by atoms with E-state index in [-0.39, 0.29) is 23.0 Å². The number of carbonyl (C=O) groups excluding carboxylic acids is 1. The lowest BCUT2D eigenvalue weighted by molar-refractivity contribution is 0.0951. The minimum atomic E-state index is -0.387. The van der Waals surface area contributed by atoms with Crippen LogP contribution in [0.5, 0.6) is 5.75 Å².